The molecule has 0 unspecified atom stereocenters. The van der Waals surface area contributed by atoms with Crippen LogP contribution in [-0.2, 0) is 0 Å². The minimum Gasteiger partial charge on any atom is -0.456 e. The summed E-state index contributed by atoms with van der Waals surface area (Å²) in [5, 5.41) is 6.89. The summed E-state index contributed by atoms with van der Waals surface area (Å²) in [6.07, 6.45) is 0. The molecule has 55 heavy (non-hydrogen) atoms. The van der Waals surface area contributed by atoms with Crippen LogP contribution in [0.15, 0.2) is 209 Å². The molecule has 11 aromatic rings. The van der Waals surface area contributed by atoms with Crippen LogP contribution in [-0.4, -0.2) is 0 Å². The van der Waals surface area contributed by atoms with Gasteiger partial charge in [-0.15, -0.1) is 0 Å². The van der Waals surface area contributed by atoms with Crippen LogP contribution in [0.1, 0.15) is 0 Å². The second-order valence-electron chi connectivity index (χ2n) is 14.1. The van der Waals surface area contributed by atoms with Gasteiger partial charge >= 0.3 is 0 Å². The third kappa shape index (κ3) is 5.20. The third-order valence-corrected chi connectivity index (χ3v) is 10.9. The van der Waals surface area contributed by atoms with E-state index in [-0.39, 0.29) is 0 Å². The van der Waals surface area contributed by atoms with Gasteiger partial charge in [-0.3, -0.25) is 0 Å². The van der Waals surface area contributed by atoms with Gasteiger partial charge in [-0.25, -0.2) is 0 Å². The molecule has 2 heterocycles. The summed E-state index contributed by atoms with van der Waals surface area (Å²) in [5.74, 6) is 0. The average Bonchev–Trinajstić information content (AvgIpc) is 3.82. The molecule has 0 atom stereocenters. The highest BCUT2D eigenvalue weighted by atomic mass is 16.3. The Morgan fingerprint density at radius 3 is 1.53 bits per heavy atom. The van der Waals surface area contributed by atoms with Crippen molar-refractivity contribution in [3.63, 3.8) is 0 Å². The monoisotopic (exact) mass is 703 g/mol. The first-order valence-electron chi connectivity index (χ1n) is 18.7. The predicted octanol–water partition coefficient (Wildman–Crippen LogP) is 15.1. The lowest BCUT2D eigenvalue weighted by atomic mass is 9.91. The van der Waals surface area contributed by atoms with Crippen molar-refractivity contribution < 1.29 is 8.83 Å². The SMILES string of the molecule is c1ccc(-c2ccccc2N(c2ccc3c(c2)oc2ccccc23)c2ccccc2-c2ccc3c(c2)oc2ccccc23)c(-c2ccc3ccccc3c2)c1. The van der Waals surface area contributed by atoms with Crippen molar-refractivity contribution in [2.75, 3.05) is 4.90 Å². The summed E-state index contributed by atoms with van der Waals surface area (Å²) in [6, 6.07) is 71.1. The van der Waals surface area contributed by atoms with E-state index in [1.165, 1.54) is 21.9 Å². The molecular formula is C52H33NO2. The fourth-order valence-electron chi connectivity index (χ4n) is 8.29. The van der Waals surface area contributed by atoms with E-state index in [1.54, 1.807) is 0 Å². The molecule has 3 heteroatoms. The molecule has 0 fully saturated rings. The van der Waals surface area contributed by atoms with Gasteiger partial charge in [-0.05, 0) is 87.6 Å². The van der Waals surface area contributed by atoms with Gasteiger partial charge < -0.3 is 13.7 Å². The van der Waals surface area contributed by atoms with Crippen LogP contribution in [0.4, 0.5) is 17.1 Å². The van der Waals surface area contributed by atoms with Crippen molar-refractivity contribution in [3.8, 4) is 33.4 Å². The molecule has 0 aliphatic carbocycles. The fourth-order valence-corrected chi connectivity index (χ4v) is 8.29. The van der Waals surface area contributed by atoms with E-state index in [0.29, 0.717) is 0 Å². The molecule has 0 N–H and O–H groups in total. The molecule has 0 saturated carbocycles. The van der Waals surface area contributed by atoms with Crippen molar-refractivity contribution >= 4 is 71.7 Å². The summed E-state index contributed by atoms with van der Waals surface area (Å²) < 4.78 is 12.9. The second kappa shape index (κ2) is 12.6. The van der Waals surface area contributed by atoms with E-state index in [2.05, 4.69) is 181 Å². The summed E-state index contributed by atoms with van der Waals surface area (Å²) in [5.41, 5.74) is 13.4. The van der Waals surface area contributed by atoms with Gasteiger partial charge in [0.25, 0.3) is 0 Å². The van der Waals surface area contributed by atoms with E-state index in [1.807, 2.05) is 24.3 Å². The van der Waals surface area contributed by atoms with Crippen LogP contribution < -0.4 is 4.90 Å². The number of furan rings is 2. The van der Waals surface area contributed by atoms with Gasteiger partial charge in [-0.1, -0.05) is 140 Å². The Labute approximate surface area is 317 Å². The highest BCUT2D eigenvalue weighted by Crippen LogP contribution is 2.48. The maximum atomic E-state index is 6.49. The zero-order valence-electron chi connectivity index (χ0n) is 29.8. The van der Waals surface area contributed by atoms with Gasteiger partial charge in [0.1, 0.15) is 22.3 Å². The Morgan fingerprint density at radius 2 is 0.782 bits per heavy atom. The Morgan fingerprint density at radius 1 is 0.291 bits per heavy atom. The lowest BCUT2D eigenvalue weighted by Gasteiger charge is -2.30. The molecule has 11 rings (SSSR count). The van der Waals surface area contributed by atoms with Crippen LogP contribution in [0.5, 0.6) is 0 Å². The Hall–Kier alpha value is -7.36. The first-order valence-corrected chi connectivity index (χ1v) is 18.7. The Bertz CT molecular complexity index is 3240. The van der Waals surface area contributed by atoms with Crippen LogP contribution in [0.2, 0.25) is 0 Å². The number of nitrogens with zero attached hydrogens (tertiary/aromatic N) is 1. The molecule has 0 aliphatic heterocycles. The van der Waals surface area contributed by atoms with E-state index in [0.717, 1.165) is 83.2 Å². The van der Waals surface area contributed by atoms with Crippen molar-refractivity contribution in [2.45, 2.75) is 0 Å². The first-order chi connectivity index (χ1) is 27.3. The number of hydrogen-bond donors (Lipinski definition) is 0. The molecule has 0 aliphatic rings. The lowest BCUT2D eigenvalue weighted by molar-refractivity contribution is 0.668. The maximum Gasteiger partial charge on any atom is 0.137 e. The number of rotatable bonds is 6. The smallest absolute Gasteiger partial charge is 0.137 e. The molecule has 0 radical (unpaired) electrons. The van der Waals surface area contributed by atoms with Gasteiger partial charge in [0.05, 0.1) is 11.4 Å². The van der Waals surface area contributed by atoms with Crippen molar-refractivity contribution in [3.05, 3.63) is 200 Å². The molecule has 3 nitrogen and oxygen atoms in total. The minimum absolute atomic E-state index is 0.846. The summed E-state index contributed by atoms with van der Waals surface area (Å²) in [7, 11) is 0. The number of anilines is 3. The molecule has 9 aromatic carbocycles. The van der Waals surface area contributed by atoms with Crippen LogP contribution in [0.25, 0.3) is 88.0 Å². The number of benzene rings is 9. The predicted molar refractivity (Wildman–Crippen MR) is 229 cm³/mol. The summed E-state index contributed by atoms with van der Waals surface area (Å²) in [6.45, 7) is 0. The number of hydrogen-bond acceptors (Lipinski definition) is 3. The van der Waals surface area contributed by atoms with Gasteiger partial charge in [0.2, 0.25) is 0 Å². The van der Waals surface area contributed by atoms with Crippen LogP contribution in [0.3, 0.4) is 0 Å². The molecule has 2 aromatic heterocycles. The zero-order valence-corrected chi connectivity index (χ0v) is 29.8. The Balaban J connectivity index is 1.14. The summed E-state index contributed by atoms with van der Waals surface area (Å²) in [4.78, 5) is 2.39. The van der Waals surface area contributed by atoms with Gasteiger partial charge in [0.15, 0.2) is 0 Å². The van der Waals surface area contributed by atoms with Crippen molar-refractivity contribution in [2.24, 2.45) is 0 Å². The van der Waals surface area contributed by atoms with Crippen molar-refractivity contribution in [1.82, 2.24) is 0 Å². The highest BCUT2D eigenvalue weighted by Gasteiger charge is 2.23. The van der Waals surface area contributed by atoms with E-state index >= 15 is 0 Å². The molecule has 0 spiro atoms. The van der Waals surface area contributed by atoms with Crippen molar-refractivity contribution in [1.29, 1.82) is 0 Å². The number of fused-ring (bicyclic) bond motifs is 7. The zero-order chi connectivity index (χ0) is 36.3. The minimum atomic E-state index is 0.846. The number of para-hydroxylation sites is 4. The van der Waals surface area contributed by atoms with Gasteiger partial charge in [-0.2, -0.15) is 0 Å². The molecule has 0 amide bonds. The highest BCUT2D eigenvalue weighted by molar-refractivity contribution is 6.08. The average molecular weight is 704 g/mol. The molecular weight excluding hydrogens is 671 g/mol. The largest absolute Gasteiger partial charge is 0.456 e. The maximum absolute atomic E-state index is 6.49. The van der Waals surface area contributed by atoms with Crippen LogP contribution in [0, 0.1) is 0 Å². The second-order valence-corrected chi connectivity index (χ2v) is 14.1. The lowest BCUT2D eigenvalue weighted by Crippen LogP contribution is -2.12. The molecule has 0 saturated heterocycles. The van der Waals surface area contributed by atoms with Gasteiger partial charge in [0, 0.05) is 44.4 Å². The quantitative estimate of drug-likeness (QED) is 0.173. The molecule has 258 valence electrons. The topological polar surface area (TPSA) is 29.5 Å². The summed E-state index contributed by atoms with van der Waals surface area (Å²) >= 11 is 0. The van der Waals surface area contributed by atoms with E-state index < -0.39 is 0 Å². The van der Waals surface area contributed by atoms with E-state index in [4.69, 9.17) is 8.83 Å². The molecule has 0 bridgehead atoms. The normalized spacial score (nSPS) is 11.6. The Kier molecular flexibility index (Phi) is 7.17. The van der Waals surface area contributed by atoms with E-state index in [9.17, 15) is 0 Å². The standard InChI is InChI=1S/C52H33NO2/c1-2-14-35-31-36(26-25-34(35)13-1)39-15-3-4-17-41(39)42-18-6-10-22-48(42)53(38-28-30-46-44-20-8-12-24-50(44)55-52(46)33-38)47-21-9-5-16-40(47)37-27-29-45-43-19-7-11-23-49(43)54-51(45)32-37/h1-33H. The van der Waals surface area contributed by atoms with Crippen LogP contribution >= 0.6 is 0 Å². The third-order valence-electron chi connectivity index (χ3n) is 10.9. The fraction of sp³-hybridized carbons (Fsp3) is 0. The first kappa shape index (κ1) is 31.2.